The molecule has 0 bridgehead atoms. The van der Waals surface area contributed by atoms with Crippen molar-refractivity contribution in [3.05, 3.63) is 65.7 Å². The van der Waals surface area contributed by atoms with Crippen molar-refractivity contribution in [2.75, 3.05) is 12.3 Å². The van der Waals surface area contributed by atoms with Crippen molar-refractivity contribution < 1.29 is 17.9 Å². The Balaban J connectivity index is 1.66. The minimum absolute atomic E-state index is 0.112. The molecule has 1 aliphatic rings. The Hall–Kier alpha value is -2.38. The monoisotopic (exact) mass is 416 g/mol. The van der Waals surface area contributed by atoms with Gasteiger partial charge in [-0.1, -0.05) is 56.3 Å². The summed E-state index contributed by atoms with van der Waals surface area (Å²) in [7, 11) is -3.35. The van der Waals surface area contributed by atoms with E-state index in [9.17, 15) is 13.2 Å². The van der Waals surface area contributed by atoms with Gasteiger partial charge in [0.05, 0.1) is 5.75 Å². The predicted octanol–water partition coefficient (Wildman–Crippen LogP) is 2.94. The zero-order valence-electron chi connectivity index (χ0n) is 16.9. The highest BCUT2D eigenvalue weighted by Gasteiger charge is 2.39. The first kappa shape index (κ1) is 21.3. The van der Waals surface area contributed by atoms with Crippen molar-refractivity contribution in [2.45, 2.75) is 39.5 Å². The van der Waals surface area contributed by atoms with Gasteiger partial charge in [0, 0.05) is 13.1 Å². The summed E-state index contributed by atoms with van der Waals surface area (Å²) in [6.45, 7) is 4.87. The molecule has 1 atom stereocenters. The molecule has 0 saturated carbocycles. The molecule has 0 aromatic heterocycles. The second-order valence-electron chi connectivity index (χ2n) is 7.56. The fraction of sp³-hybridized carbons (Fsp3) is 0.409. The highest BCUT2D eigenvalue weighted by atomic mass is 32.2. The van der Waals surface area contributed by atoms with E-state index in [0.717, 1.165) is 16.9 Å². The lowest BCUT2D eigenvalue weighted by Gasteiger charge is -2.28. The average molecular weight is 417 g/mol. The molecule has 6 nitrogen and oxygen atoms in total. The molecule has 2 aromatic carbocycles. The quantitative estimate of drug-likeness (QED) is 0.718. The number of amides is 1. The van der Waals surface area contributed by atoms with Crippen LogP contribution in [0.3, 0.4) is 0 Å². The Morgan fingerprint density at radius 1 is 1.07 bits per heavy atom. The molecular weight excluding hydrogens is 388 g/mol. The van der Waals surface area contributed by atoms with Crippen molar-refractivity contribution in [1.29, 1.82) is 0 Å². The lowest BCUT2D eigenvalue weighted by Crippen LogP contribution is -2.50. The minimum atomic E-state index is -3.35. The van der Waals surface area contributed by atoms with Crippen LogP contribution in [0.2, 0.25) is 0 Å². The van der Waals surface area contributed by atoms with Crippen molar-refractivity contribution in [3.8, 4) is 5.75 Å². The summed E-state index contributed by atoms with van der Waals surface area (Å²) in [5.41, 5.74) is 1.93. The molecule has 0 radical (unpaired) electrons. The Bertz CT molecular complexity index is 929. The Morgan fingerprint density at radius 2 is 1.72 bits per heavy atom. The maximum absolute atomic E-state index is 12.9. The van der Waals surface area contributed by atoms with Crippen LogP contribution >= 0.6 is 0 Å². The Morgan fingerprint density at radius 3 is 2.34 bits per heavy atom. The largest absolute Gasteiger partial charge is 0.489 e. The third-order valence-electron chi connectivity index (χ3n) is 5.06. The first-order chi connectivity index (χ1) is 13.9. The lowest BCUT2D eigenvalue weighted by molar-refractivity contribution is -0.126. The van der Waals surface area contributed by atoms with E-state index in [1.54, 1.807) is 0 Å². The van der Waals surface area contributed by atoms with Crippen molar-refractivity contribution in [3.63, 3.8) is 0 Å². The number of benzene rings is 2. The summed E-state index contributed by atoms with van der Waals surface area (Å²) in [6.07, 6.45) is 0.568. The van der Waals surface area contributed by atoms with Crippen LogP contribution in [0.5, 0.6) is 5.75 Å². The molecule has 1 N–H and O–H groups in total. The summed E-state index contributed by atoms with van der Waals surface area (Å²) in [6, 6.07) is 16.6. The maximum Gasteiger partial charge on any atom is 0.238 e. The van der Waals surface area contributed by atoms with Gasteiger partial charge in [0.2, 0.25) is 15.9 Å². The third kappa shape index (κ3) is 5.36. The fourth-order valence-corrected chi connectivity index (χ4v) is 5.39. The molecule has 1 fully saturated rings. The SMILES string of the molecule is CC(C)[C@@H](C(=O)NCc1ccccc1COc1ccccc1)N1CCCS1(=O)=O. The van der Waals surface area contributed by atoms with Crippen LogP contribution in [-0.2, 0) is 28.0 Å². The van der Waals surface area contributed by atoms with Gasteiger partial charge in [-0.05, 0) is 35.6 Å². The summed E-state index contributed by atoms with van der Waals surface area (Å²) >= 11 is 0. The second kappa shape index (κ2) is 9.41. The van der Waals surface area contributed by atoms with E-state index in [2.05, 4.69) is 5.32 Å². The van der Waals surface area contributed by atoms with Crippen LogP contribution in [0, 0.1) is 5.92 Å². The number of nitrogens with zero attached hydrogens (tertiary/aromatic N) is 1. The topological polar surface area (TPSA) is 75.7 Å². The average Bonchev–Trinajstić information content (AvgIpc) is 3.05. The van der Waals surface area contributed by atoms with E-state index in [1.165, 1.54) is 4.31 Å². The van der Waals surface area contributed by atoms with Gasteiger partial charge in [-0.3, -0.25) is 4.79 Å². The molecule has 7 heteroatoms. The van der Waals surface area contributed by atoms with Crippen LogP contribution in [0.1, 0.15) is 31.4 Å². The van der Waals surface area contributed by atoms with E-state index in [-0.39, 0.29) is 17.6 Å². The standard InChI is InChI=1S/C22H28N2O4S/c1-17(2)21(24-13-8-14-29(24,26)27)22(25)23-15-18-9-6-7-10-19(18)16-28-20-11-4-3-5-12-20/h3-7,9-12,17,21H,8,13-16H2,1-2H3,(H,23,25)/t21-/m0/s1. The van der Waals surface area contributed by atoms with Crippen molar-refractivity contribution in [1.82, 2.24) is 9.62 Å². The number of para-hydroxylation sites is 1. The smallest absolute Gasteiger partial charge is 0.238 e. The van der Waals surface area contributed by atoms with Crippen molar-refractivity contribution in [2.24, 2.45) is 5.92 Å². The maximum atomic E-state index is 12.9. The van der Waals surface area contributed by atoms with Gasteiger partial charge in [-0.15, -0.1) is 0 Å². The summed E-state index contributed by atoms with van der Waals surface area (Å²) in [4.78, 5) is 12.9. The number of nitrogens with one attached hydrogen (secondary N) is 1. The van der Waals surface area contributed by atoms with E-state index in [4.69, 9.17) is 4.74 Å². The molecule has 2 aromatic rings. The molecule has 0 spiro atoms. The summed E-state index contributed by atoms with van der Waals surface area (Å²) < 4.78 is 31.8. The van der Waals surface area contributed by atoms with Crippen LogP contribution in [0.15, 0.2) is 54.6 Å². The molecule has 156 valence electrons. The molecule has 3 rings (SSSR count). The Labute approximate surface area is 172 Å². The second-order valence-corrected chi connectivity index (χ2v) is 9.60. The fourth-order valence-electron chi connectivity index (χ4n) is 3.57. The first-order valence-electron chi connectivity index (χ1n) is 9.90. The van der Waals surface area contributed by atoms with Crippen molar-refractivity contribution >= 4 is 15.9 Å². The zero-order chi connectivity index (χ0) is 20.9. The van der Waals surface area contributed by atoms with Crippen LogP contribution in [0.25, 0.3) is 0 Å². The number of carbonyl (C=O) groups excluding carboxylic acids is 1. The normalized spacial score (nSPS) is 17.2. The number of ether oxygens (including phenoxy) is 1. The van der Waals surface area contributed by atoms with E-state index in [0.29, 0.717) is 26.1 Å². The van der Waals surface area contributed by atoms with Gasteiger partial charge < -0.3 is 10.1 Å². The van der Waals surface area contributed by atoms with Crippen LogP contribution in [-0.4, -0.2) is 37.0 Å². The van der Waals surface area contributed by atoms with Crippen LogP contribution in [0.4, 0.5) is 0 Å². The highest BCUT2D eigenvalue weighted by molar-refractivity contribution is 7.89. The first-order valence-corrected chi connectivity index (χ1v) is 11.5. The summed E-state index contributed by atoms with van der Waals surface area (Å²) in [5, 5.41) is 2.93. The van der Waals surface area contributed by atoms with Gasteiger partial charge in [0.25, 0.3) is 0 Å². The van der Waals surface area contributed by atoms with E-state index >= 15 is 0 Å². The molecular formula is C22H28N2O4S. The van der Waals surface area contributed by atoms with Gasteiger partial charge in [-0.25, -0.2) is 8.42 Å². The molecule has 1 heterocycles. The molecule has 0 unspecified atom stereocenters. The lowest BCUT2D eigenvalue weighted by atomic mass is 10.0. The molecule has 29 heavy (non-hydrogen) atoms. The van der Waals surface area contributed by atoms with Gasteiger partial charge in [0.1, 0.15) is 18.4 Å². The predicted molar refractivity (Wildman–Crippen MR) is 113 cm³/mol. The number of hydrogen-bond donors (Lipinski definition) is 1. The molecule has 1 aliphatic heterocycles. The number of hydrogen-bond acceptors (Lipinski definition) is 4. The summed E-state index contributed by atoms with van der Waals surface area (Å²) in [5.74, 6) is 0.526. The van der Waals surface area contributed by atoms with Gasteiger partial charge in [0.15, 0.2) is 0 Å². The van der Waals surface area contributed by atoms with E-state index in [1.807, 2.05) is 68.4 Å². The third-order valence-corrected chi connectivity index (χ3v) is 6.99. The molecule has 1 amide bonds. The molecule has 1 saturated heterocycles. The number of carbonyl (C=O) groups is 1. The molecule has 0 aliphatic carbocycles. The highest BCUT2D eigenvalue weighted by Crippen LogP contribution is 2.22. The van der Waals surface area contributed by atoms with Gasteiger partial charge in [-0.2, -0.15) is 4.31 Å². The van der Waals surface area contributed by atoms with Gasteiger partial charge >= 0.3 is 0 Å². The van der Waals surface area contributed by atoms with E-state index < -0.39 is 16.1 Å². The van der Waals surface area contributed by atoms with Crippen LogP contribution < -0.4 is 10.1 Å². The zero-order valence-corrected chi connectivity index (χ0v) is 17.7. The number of sulfonamides is 1. The number of rotatable bonds is 8. The Kier molecular flexibility index (Phi) is 6.92. The minimum Gasteiger partial charge on any atom is -0.489 e.